The van der Waals surface area contributed by atoms with E-state index >= 15 is 0 Å². The summed E-state index contributed by atoms with van der Waals surface area (Å²) < 4.78 is 6.30. The lowest BCUT2D eigenvalue weighted by atomic mass is 9.98. The molecule has 3 aromatic rings. The third-order valence-corrected chi connectivity index (χ3v) is 4.81. The first-order valence-electron chi connectivity index (χ1n) is 8.22. The third kappa shape index (κ3) is 1.82. The third-order valence-electron chi connectivity index (χ3n) is 4.81. The van der Waals surface area contributed by atoms with Gasteiger partial charge in [-0.3, -0.25) is 0 Å². The highest BCUT2D eigenvalue weighted by Gasteiger charge is 2.27. The van der Waals surface area contributed by atoms with Gasteiger partial charge in [0.15, 0.2) is 0 Å². The number of fused-ring (bicyclic) bond motifs is 4. The quantitative estimate of drug-likeness (QED) is 0.391. The number of allylic oxidation sites excluding steroid dienone is 2. The fourth-order valence-electron chi connectivity index (χ4n) is 3.71. The molecule has 5 rings (SSSR count). The van der Waals surface area contributed by atoms with Crippen LogP contribution in [0.5, 0.6) is 5.75 Å². The average Bonchev–Trinajstić information content (AvgIpc) is 2.96. The molecule has 0 bridgehead atoms. The summed E-state index contributed by atoms with van der Waals surface area (Å²) in [6.07, 6.45) is 2.16. The second-order valence-corrected chi connectivity index (χ2v) is 6.26. The van der Waals surface area contributed by atoms with Crippen LogP contribution in [-0.4, -0.2) is 0 Å². The van der Waals surface area contributed by atoms with Crippen LogP contribution in [0, 0.1) is 0 Å². The van der Waals surface area contributed by atoms with Crippen LogP contribution in [0.1, 0.15) is 23.6 Å². The zero-order valence-corrected chi connectivity index (χ0v) is 13.4. The lowest BCUT2D eigenvalue weighted by molar-refractivity contribution is 0.441. The van der Waals surface area contributed by atoms with Crippen LogP contribution in [0.2, 0.25) is 0 Å². The Balaban J connectivity index is 1.81. The van der Waals surface area contributed by atoms with Gasteiger partial charge in [0.2, 0.25) is 0 Å². The van der Waals surface area contributed by atoms with E-state index in [2.05, 4.69) is 73.7 Å². The van der Waals surface area contributed by atoms with Crippen LogP contribution in [0.25, 0.3) is 22.3 Å². The molecule has 2 aliphatic rings. The minimum atomic E-state index is 0.932. The van der Waals surface area contributed by atoms with Gasteiger partial charge in [0.05, 0.1) is 0 Å². The fraction of sp³-hybridized carbons (Fsp3) is 0.0435. The van der Waals surface area contributed by atoms with E-state index in [1.165, 1.54) is 39.0 Å². The lowest BCUT2D eigenvalue weighted by Gasteiger charge is -2.20. The first-order chi connectivity index (χ1) is 11.8. The van der Waals surface area contributed by atoms with Crippen molar-refractivity contribution < 1.29 is 4.74 Å². The van der Waals surface area contributed by atoms with Gasteiger partial charge < -0.3 is 4.74 Å². The van der Waals surface area contributed by atoms with E-state index in [4.69, 9.17) is 4.74 Å². The van der Waals surface area contributed by atoms with Gasteiger partial charge in [-0.25, -0.2) is 0 Å². The Morgan fingerprint density at radius 3 is 1.71 bits per heavy atom. The lowest BCUT2D eigenvalue weighted by Crippen LogP contribution is -2.04. The molecule has 0 saturated carbocycles. The van der Waals surface area contributed by atoms with Crippen LogP contribution in [0.4, 0.5) is 0 Å². The van der Waals surface area contributed by atoms with Crippen molar-refractivity contribution >= 4 is 11.1 Å². The Morgan fingerprint density at radius 2 is 1.08 bits per heavy atom. The molecule has 0 saturated heterocycles. The van der Waals surface area contributed by atoms with Crippen LogP contribution < -0.4 is 4.74 Å². The molecule has 1 nitrogen and oxygen atoms in total. The molecule has 0 spiro atoms. The smallest absolute Gasteiger partial charge is 0.136 e. The van der Waals surface area contributed by atoms with E-state index in [9.17, 15) is 0 Å². The normalized spacial score (nSPS) is 14.5. The van der Waals surface area contributed by atoms with Crippen molar-refractivity contribution in [1.29, 1.82) is 0 Å². The molecular formula is C23H16O. The molecule has 0 aromatic heterocycles. The highest BCUT2D eigenvalue weighted by Crippen LogP contribution is 2.47. The monoisotopic (exact) mass is 308 g/mol. The van der Waals surface area contributed by atoms with E-state index in [0.29, 0.717) is 0 Å². The van der Waals surface area contributed by atoms with Gasteiger partial charge in [-0.2, -0.15) is 0 Å². The van der Waals surface area contributed by atoms with Crippen molar-refractivity contribution in [3.63, 3.8) is 0 Å². The van der Waals surface area contributed by atoms with Crippen molar-refractivity contribution in [3.8, 4) is 16.9 Å². The molecule has 0 amide bonds. The number of hydrogen-bond donors (Lipinski definition) is 0. The largest absolute Gasteiger partial charge is 0.456 e. The SMILES string of the molecule is CC1=CC(=C2c3ccccc3-c3ccccc32)Oc2ccccc21. The molecular weight excluding hydrogens is 292 g/mol. The van der Waals surface area contributed by atoms with Crippen molar-refractivity contribution in [2.45, 2.75) is 6.92 Å². The number of para-hydroxylation sites is 1. The summed E-state index contributed by atoms with van der Waals surface area (Å²) in [4.78, 5) is 0. The van der Waals surface area contributed by atoms with Crippen LogP contribution in [0.15, 0.2) is 84.6 Å². The topological polar surface area (TPSA) is 9.23 Å². The number of benzene rings is 3. The maximum atomic E-state index is 6.30. The summed E-state index contributed by atoms with van der Waals surface area (Å²) in [6.45, 7) is 2.15. The molecule has 0 N–H and O–H groups in total. The molecule has 1 aliphatic heterocycles. The van der Waals surface area contributed by atoms with Crippen LogP contribution in [0.3, 0.4) is 0 Å². The first-order valence-corrected chi connectivity index (χ1v) is 8.22. The molecule has 1 aliphatic carbocycles. The van der Waals surface area contributed by atoms with Gasteiger partial charge >= 0.3 is 0 Å². The average molecular weight is 308 g/mol. The second kappa shape index (κ2) is 4.97. The minimum Gasteiger partial charge on any atom is -0.456 e. The molecule has 1 heterocycles. The van der Waals surface area contributed by atoms with Crippen molar-refractivity contribution in [1.82, 2.24) is 0 Å². The van der Waals surface area contributed by atoms with E-state index in [0.717, 1.165) is 11.5 Å². The number of rotatable bonds is 0. The first kappa shape index (κ1) is 13.4. The van der Waals surface area contributed by atoms with E-state index in [1.807, 2.05) is 12.1 Å². The summed E-state index contributed by atoms with van der Waals surface area (Å²) in [5.41, 5.74) is 8.65. The molecule has 3 aromatic carbocycles. The Labute approximate surface area is 141 Å². The van der Waals surface area contributed by atoms with Crippen molar-refractivity contribution in [3.05, 3.63) is 101 Å². The van der Waals surface area contributed by atoms with E-state index < -0.39 is 0 Å². The molecule has 114 valence electrons. The summed E-state index contributed by atoms with van der Waals surface area (Å²) in [5.74, 6) is 1.87. The molecule has 0 atom stereocenters. The fourth-order valence-corrected chi connectivity index (χ4v) is 3.71. The van der Waals surface area contributed by atoms with Gasteiger partial charge in [0, 0.05) is 11.1 Å². The van der Waals surface area contributed by atoms with Crippen LogP contribution >= 0.6 is 0 Å². The van der Waals surface area contributed by atoms with Crippen molar-refractivity contribution in [2.24, 2.45) is 0 Å². The van der Waals surface area contributed by atoms with Gasteiger partial charge in [0.1, 0.15) is 11.5 Å². The highest BCUT2D eigenvalue weighted by molar-refractivity contribution is 6.03. The maximum Gasteiger partial charge on any atom is 0.136 e. The molecule has 0 unspecified atom stereocenters. The second-order valence-electron chi connectivity index (χ2n) is 6.26. The summed E-state index contributed by atoms with van der Waals surface area (Å²) in [7, 11) is 0. The van der Waals surface area contributed by atoms with Crippen molar-refractivity contribution in [2.75, 3.05) is 0 Å². The summed E-state index contributed by atoms with van der Waals surface area (Å²) in [6, 6.07) is 25.4. The zero-order valence-electron chi connectivity index (χ0n) is 13.4. The predicted molar refractivity (Wildman–Crippen MR) is 98.6 cm³/mol. The van der Waals surface area contributed by atoms with E-state index in [1.54, 1.807) is 0 Å². The van der Waals surface area contributed by atoms with Gasteiger partial charge in [-0.05, 0) is 46.9 Å². The number of hydrogen-bond acceptors (Lipinski definition) is 1. The number of ether oxygens (including phenoxy) is 1. The van der Waals surface area contributed by atoms with Gasteiger partial charge in [0.25, 0.3) is 0 Å². The molecule has 0 radical (unpaired) electrons. The predicted octanol–water partition coefficient (Wildman–Crippen LogP) is 5.92. The Bertz CT molecular complexity index is 990. The highest BCUT2D eigenvalue weighted by atomic mass is 16.5. The molecule has 24 heavy (non-hydrogen) atoms. The van der Waals surface area contributed by atoms with Crippen LogP contribution in [-0.2, 0) is 0 Å². The Hall–Kier alpha value is -3.06. The minimum absolute atomic E-state index is 0.932. The van der Waals surface area contributed by atoms with E-state index in [-0.39, 0.29) is 0 Å². The summed E-state index contributed by atoms with van der Waals surface area (Å²) in [5, 5.41) is 0. The van der Waals surface area contributed by atoms with Gasteiger partial charge in [-0.15, -0.1) is 0 Å². The Kier molecular flexibility index (Phi) is 2.77. The zero-order chi connectivity index (χ0) is 16.1. The summed E-state index contributed by atoms with van der Waals surface area (Å²) >= 11 is 0. The molecule has 1 heteroatoms. The standard InChI is InChI=1S/C23H16O/c1-15-14-22(24-21-13-7-6-8-16(15)21)23-19-11-4-2-9-17(19)18-10-3-5-12-20(18)23/h2-14H,1H3. The molecule has 0 fully saturated rings. The Morgan fingerprint density at radius 1 is 0.583 bits per heavy atom. The van der Waals surface area contributed by atoms with Gasteiger partial charge in [-0.1, -0.05) is 66.7 Å². The maximum absolute atomic E-state index is 6.30.